The Kier molecular flexibility index (Phi) is 6.26. The van der Waals surface area contributed by atoms with Crippen LogP contribution in [0.25, 0.3) is 0 Å². The Bertz CT molecular complexity index is 355. The van der Waals surface area contributed by atoms with E-state index in [-0.39, 0.29) is 11.8 Å². The molecule has 0 aliphatic rings. The summed E-state index contributed by atoms with van der Waals surface area (Å²) in [6.07, 6.45) is 1.79. The van der Waals surface area contributed by atoms with Crippen molar-refractivity contribution in [1.29, 1.82) is 0 Å². The van der Waals surface area contributed by atoms with Crippen LogP contribution in [0.4, 0.5) is 0 Å². The maximum Gasteiger partial charge on any atom is 0.223 e. The van der Waals surface area contributed by atoms with Crippen molar-refractivity contribution in [1.82, 2.24) is 5.32 Å². The lowest BCUT2D eigenvalue weighted by molar-refractivity contribution is -0.125. The number of rotatable bonds is 7. The number of nitrogens with one attached hydrogen (secondary N) is 1. The molecule has 0 fully saturated rings. The summed E-state index contributed by atoms with van der Waals surface area (Å²) in [7, 11) is 0. The van der Waals surface area contributed by atoms with Crippen LogP contribution < -0.4 is 10.1 Å². The van der Waals surface area contributed by atoms with Gasteiger partial charge >= 0.3 is 0 Å². The number of carbonyl (C=O) groups is 1. The second kappa shape index (κ2) is 7.75. The van der Waals surface area contributed by atoms with Crippen molar-refractivity contribution in [3.8, 4) is 5.75 Å². The van der Waals surface area contributed by atoms with E-state index in [4.69, 9.17) is 4.74 Å². The molecule has 0 radical (unpaired) electrons. The number of hydrogen-bond donors (Lipinski definition) is 1. The summed E-state index contributed by atoms with van der Waals surface area (Å²) >= 11 is 0. The number of carbonyl (C=O) groups excluding carboxylic acids is 1. The van der Waals surface area contributed by atoms with Crippen molar-refractivity contribution >= 4 is 5.91 Å². The van der Waals surface area contributed by atoms with E-state index >= 15 is 0 Å². The summed E-state index contributed by atoms with van der Waals surface area (Å²) in [5.74, 6) is 1.15. The standard InChI is InChI=1S/C15H23NO2/c1-4-13(5-2)15(17)16-11-12-7-9-14(10-8-12)18-6-3/h7-10,13H,4-6,11H2,1-3H3,(H,16,17). The fourth-order valence-electron chi connectivity index (χ4n) is 1.86. The van der Waals surface area contributed by atoms with Crippen molar-refractivity contribution in [2.75, 3.05) is 6.61 Å². The third-order valence-corrected chi connectivity index (χ3v) is 3.06. The van der Waals surface area contributed by atoms with E-state index in [1.807, 2.05) is 45.0 Å². The normalized spacial score (nSPS) is 10.4. The van der Waals surface area contributed by atoms with Crippen LogP contribution in [0.2, 0.25) is 0 Å². The van der Waals surface area contributed by atoms with E-state index in [1.54, 1.807) is 0 Å². The Morgan fingerprint density at radius 1 is 1.17 bits per heavy atom. The van der Waals surface area contributed by atoms with Gasteiger partial charge in [0.2, 0.25) is 5.91 Å². The Morgan fingerprint density at radius 2 is 1.78 bits per heavy atom. The van der Waals surface area contributed by atoms with Crippen molar-refractivity contribution < 1.29 is 9.53 Å². The Balaban J connectivity index is 2.45. The monoisotopic (exact) mass is 249 g/mol. The van der Waals surface area contributed by atoms with E-state index < -0.39 is 0 Å². The molecule has 0 aliphatic carbocycles. The van der Waals surface area contributed by atoms with Crippen molar-refractivity contribution in [2.24, 2.45) is 5.92 Å². The zero-order valence-corrected chi connectivity index (χ0v) is 11.5. The Hall–Kier alpha value is -1.51. The van der Waals surface area contributed by atoms with Gasteiger partial charge in [-0.15, -0.1) is 0 Å². The minimum absolute atomic E-state index is 0.132. The molecule has 3 nitrogen and oxygen atoms in total. The molecular formula is C15H23NO2. The third kappa shape index (κ3) is 4.40. The van der Waals surface area contributed by atoms with E-state index in [1.165, 1.54) is 0 Å². The lowest BCUT2D eigenvalue weighted by atomic mass is 10.0. The summed E-state index contributed by atoms with van der Waals surface area (Å²) < 4.78 is 5.37. The smallest absolute Gasteiger partial charge is 0.223 e. The van der Waals surface area contributed by atoms with Crippen LogP contribution in [0.15, 0.2) is 24.3 Å². The van der Waals surface area contributed by atoms with Gasteiger partial charge in [0.25, 0.3) is 0 Å². The minimum atomic E-state index is 0.132. The second-order valence-corrected chi connectivity index (χ2v) is 4.31. The molecule has 1 aromatic carbocycles. The first-order chi connectivity index (χ1) is 8.71. The highest BCUT2D eigenvalue weighted by molar-refractivity contribution is 5.78. The van der Waals surface area contributed by atoms with Gasteiger partial charge in [0.1, 0.15) is 5.75 Å². The second-order valence-electron chi connectivity index (χ2n) is 4.31. The van der Waals surface area contributed by atoms with E-state index in [0.717, 1.165) is 24.2 Å². The molecule has 3 heteroatoms. The van der Waals surface area contributed by atoms with Crippen LogP contribution in [-0.4, -0.2) is 12.5 Å². The van der Waals surface area contributed by atoms with Gasteiger partial charge in [-0.05, 0) is 37.5 Å². The number of hydrogen-bond acceptors (Lipinski definition) is 2. The molecule has 1 rings (SSSR count). The minimum Gasteiger partial charge on any atom is -0.494 e. The van der Waals surface area contributed by atoms with Crippen LogP contribution in [0, 0.1) is 5.92 Å². The van der Waals surface area contributed by atoms with E-state index in [2.05, 4.69) is 5.32 Å². The zero-order valence-electron chi connectivity index (χ0n) is 11.5. The Labute approximate surface area is 110 Å². The highest BCUT2D eigenvalue weighted by Crippen LogP contribution is 2.12. The molecule has 0 atom stereocenters. The van der Waals surface area contributed by atoms with Crippen molar-refractivity contribution in [3.05, 3.63) is 29.8 Å². The number of benzene rings is 1. The maximum absolute atomic E-state index is 11.8. The van der Waals surface area contributed by atoms with Crippen LogP contribution in [0.3, 0.4) is 0 Å². The molecular weight excluding hydrogens is 226 g/mol. The number of ether oxygens (including phenoxy) is 1. The highest BCUT2D eigenvalue weighted by Gasteiger charge is 2.13. The topological polar surface area (TPSA) is 38.3 Å². The van der Waals surface area contributed by atoms with Crippen LogP contribution in [0.5, 0.6) is 5.75 Å². The van der Waals surface area contributed by atoms with Gasteiger partial charge in [0.05, 0.1) is 6.61 Å². The zero-order chi connectivity index (χ0) is 13.4. The van der Waals surface area contributed by atoms with Crippen molar-refractivity contribution in [3.63, 3.8) is 0 Å². The van der Waals surface area contributed by atoms with Crippen LogP contribution in [-0.2, 0) is 11.3 Å². The van der Waals surface area contributed by atoms with Gasteiger partial charge in [-0.3, -0.25) is 4.79 Å². The van der Waals surface area contributed by atoms with Crippen molar-refractivity contribution in [2.45, 2.75) is 40.2 Å². The molecule has 100 valence electrons. The molecule has 1 amide bonds. The van der Waals surface area contributed by atoms with E-state index in [9.17, 15) is 4.79 Å². The average Bonchev–Trinajstić information content (AvgIpc) is 2.40. The quantitative estimate of drug-likeness (QED) is 0.806. The van der Waals surface area contributed by atoms with Crippen LogP contribution >= 0.6 is 0 Å². The molecule has 0 aromatic heterocycles. The summed E-state index contributed by atoms with van der Waals surface area (Å²) in [4.78, 5) is 11.8. The molecule has 0 saturated heterocycles. The lowest BCUT2D eigenvalue weighted by Gasteiger charge is -2.13. The molecule has 0 spiro atoms. The first-order valence-corrected chi connectivity index (χ1v) is 6.70. The summed E-state index contributed by atoms with van der Waals surface area (Å²) in [6, 6.07) is 7.83. The third-order valence-electron chi connectivity index (χ3n) is 3.06. The fourth-order valence-corrected chi connectivity index (χ4v) is 1.86. The molecule has 1 aromatic rings. The molecule has 0 heterocycles. The molecule has 0 aliphatic heterocycles. The summed E-state index contributed by atoms with van der Waals surface area (Å²) in [5, 5.41) is 2.97. The SMILES string of the molecule is CCOc1ccc(CNC(=O)C(CC)CC)cc1. The number of amides is 1. The Morgan fingerprint density at radius 3 is 2.28 bits per heavy atom. The molecule has 1 N–H and O–H groups in total. The summed E-state index contributed by atoms with van der Waals surface area (Å²) in [5.41, 5.74) is 1.10. The highest BCUT2D eigenvalue weighted by atomic mass is 16.5. The van der Waals surface area contributed by atoms with Gasteiger partial charge in [0.15, 0.2) is 0 Å². The van der Waals surface area contributed by atoms with Gasteiger partial charge in [-0.2, -0.15) is 0 Å². The first-order valence-electron chi connectivity index (χ1n) is 6.70. The van der Waals surface area contributed by atoms with Gasteiger partial charge in [0, 0.05) is 12.5 Å². The maximum atomic E-state index is 11.8. The molecule has 0 saturated carbocycles. The van der Waals surface area contributed by atoms with Crippen LogP contribution in [0.1, 0.15) is 39.2 Å². The predicted molar refractivity (Wildman–Crippen MR) is 73.5 cm³/mol. The lowest BCUT2D eigenvalue weighted by Crippen LogP contribution is -2.29. The first kappa shape index (κ1) is 14.6. The van der Waals surface area contributed by atoms with Gasteiger partial charge in [-0.1, -0.05) is 26.0 Å². The van der Waals surface area contributed by atoms with Gasteiger partial charge in [-0.25, -0.2) is 0 Å². The summed E-state index contributed by atoms with van der Waals surface area (Å²) in [6.45, 7) is 7.31. The largest absolute Gasteiger partial charge is 0.494 e. The molecule has 0 bridgehead atoms. The van der Waals surface area contributed by atoms with Gasteiger partial charge < -0.3 is 10.1 Å². The molecule has 0 unspecified atom stereocenters. The van der Waals surface area contributed by atoms with E-state index in [0.29, 0.717) is 13.2 Å². The fraction of sp³-hybridized carbons (Fsp3) is 0.533. The average molecular weight is 249 g/mol. The molecule has 18 heavy (non-hydrogen) atoms. The predicted octanol–water partition coefficient (Wildman–Crippen LogP) is 3.14.